The normalized spacial score (nSPS) is 19.6. The first-order chi connectivity index (χ1) is 13.0. The number of Topliss-reactive ketones (excluding diaryl/α,β-unsaturated/α-hetero) is 1. The number of hydrogen-bond acceptors (Lipinski definition) is 4. The molecule has 2 heterocycles. The van der Waals surface area contributed by atoms with Gasteiger partial charge < -0.3 is 10.6 Å². The number of allylic oxidation sites excluding steroid dienone is 3. The molecule has 1 amide bonds. The van der Waals surface area contributed by atoms with E-state index in [-0.39, 0.29) is 17.6 Å². The van der Waals surface area contributed by atoms with Crippen LogP contribution < -0.4 is 10.6 Å². The van der Waals surface area contributed by atoms with Crippen molar-refractivity contribution in [2.45, 2.75) is 32.1 Å². The molecule has 1 atom stereocenters. The zero-order valence-corrected chi connectivity index (χ0v) is 15.7. The van der Waals surface area contributed by atoms with Crippen LogP contribution in [0.3, 0.4) is 0 Å². The molecule has 0 saturated heterocycles. The van der Waals surface area contributed by atoms with Crippen molar-refractivity contribution in [3.63, 3.8) is 0 Å². The summed E-state index contributed by atoms with van der Waals surface area (Å²) in [4.78, 5) is 26.8. The Morgan fingerprint density at radius 2 is 2.11 bits per heavy atom. The van der Waals surface area contributed by atoms with Gasteiger partial charge in [0.1, 0.15) is 5.82 Å². The van der Waals surface area contributed by atoms with Gasteiger partial charge in [0, 0.05) is 39.5 Å². The van der Waals surface area contributed by atoms with Gasteiger partial charge in [-0.2, -0.15) is 0 Å². The summed E-state index contributed by atoms with van der Waals surface area (Å²) in [5, 5.41) is 8.00. The largest absolute Gasteiger partial charge is 0.362 e. The van der Waals surface area contributed by atoms with Crippen LogP contribution in [0, 0.1) is 5.82 Å². The van der Waals surface area contributed by atoms with E-state index in [9.17, 15) is 14.0 Å². The number of dihydropyridines is 1. The lowest BCUT2D eigenvalue weighted by Crippen LogP contribution is -2.35. The van der Waals surface area contributed by atoms with Crippen LogP contribution in [0.25, 0.3) is 0 Å². The molecule has 1 aliphatic carbocycles. The predicted octanol–water partition coefficient (Wildman–Crippen LogP) is 4.49. The Kier molecular flexibility index (Phi) is 4.66. The third-order valence-electron chi connectivity index (χ3n) is 4.93. The van der Waals surface area contributed by atoms with E-state index in [1.54, 1.807) is 12.1 Å². The van der Waals surface area contributed by atoms with Gasteiger partial charge in [0.25, 0.3) is 5.91 Å². The molecular formula is C21H19FN2O2S. The molecule has 0 fully saturated rings. The summed E-state index contributed by atoms with van der Waals surface area (Å²) in [5.74, 6) is -1.04. The molecule has 2 aliphatic rings. The third-order valence-corrected chi connectivity index (χ3v) is 5.87. The summed E-state index contributed by atoms with van der Waals surface area (Å²) in [6, 6.07) is 9.68. The zero-order valence-electron chi connectivity index (χ0n) is 14.8. The highest BCUT2D eigenvalue weighted by Crippen LogP contribution is 2.43. The summed E-state index contributed by atoms with van der Waals surface area (Å²) in [5.41, 5.74) is 3.24. The Labute approximate surface area is 160 Å². The molecule has 0 bridgehead atoms. The van der Waals surface area contributed by atoms with Crippen LogP contribution in [-0.2, 0) is 9.59 Å². The van der Waals surface area contributed by atoms with Crippen molar-refractivity contribution in [2.24, 2.45) is 0 Å². The summed E-state index contributed by atoms with van der Waals surface area (Å²) in [6.45, 7) is 1.85. The molecule has 6 heteroatoms. The number of halogens is 1. The fourth-order valence-electron chi connectivity index (χ4n) is 3.79. The molecular weight excluding hydrogens is 363 g/mol. The number of nitrogens with one attached hydrogen (secondary N) is 2. The van der Waals surface area contributed by atoms with Crippen LogP contribution in [-0.4, -0.2) is 11.7 Å². The SMILES string of the molecule is CC1=C(C(=O)Nc2cccc(F)c2)[C@H](c2cccs2)C2=C(CCCC2=O)N1. The van der Waals surface area contributed by atoms with Gasteiger partial charge in [0.05, 0.1) is 5.92 Å². The van der Waals surface area contributed by atoms with Gasteiger partial charge in [0.2, 0.25) is 0 Å². The maximum absolute atomic E-state index is 13.5. The fraction of sp³-hybridized carbons (Fsp3) is 0.238. The van der Waals surface area contributed by atoms with Crippen LogP contribution in [0.1, 0.15) is 37.0 Å². The number of carbonyl (C=O) groups excluding carboxylic acids is 2. The van der Waals surface area contributed by atoms with Gasteiger partial charge in [-0.3, -0.25) is 9.59 Å². The van der Waals surface area contributed by atoms with Crippen molar-refractivity contribution in [1.82, 2.24) is 5.32 Å². The van der Waals surface area contributed by atoms with Crippen molar-refractivity contribution >= 4 is 28.7 Å². The number of thiophene rings is 1. The number of rotatable bonds is 3. The van der Waals surface area contributed by atoms with Crippen LogP contribution in [0.4, 0.5) is 10.1 Å². The minimum Gasteiger partial charge on any atom is -0.362 e. The van der Waals surface area contributed by atoms with Gasteiger partial charge in [-0.05, 0) is 49.4 Å². The topological polar surface area (TPSA) is 58.2 Å². The van der Waals surface area contributed by atoms with Crippen molar-refractivity contribution in [2.75, 3.05) is 5.32 Å². The second-order valence-electron chi connectivity index (χ2n) is 6.75. The monoisotopic (exact) mass is 382 g/mol. The van der Waals surface area contributed by atoms with Crippen molar-refractivity contribution in [3.8, 4) is 0 Å². The maximum Gasteiger partial charge on any atom is 0.254 e. The Balaban J connectivity index is 1.75. The van der Waals surface area contributed by atoms with E-state index in [1.165, 1.54) is 23.5 Å². The van der Waals surface area contributed by atoms with E-state index in [0.717, 1.165) is 29.1 Å². The van der Waals surface area contributed by atoms with E-state index in [4.69, 9.17) is 0 Å². The minimum absolute atomic E-state index is 0.0886. The highest BCUT2D eigenvalue weighted by atomic mass is 32.1. The molecule has 0 radical (unpaired) electrons. The van der Waals surface area contributed by atoms with E-state index < -0.39 is 5.82 Å². The molecule has 138 valence electrons. The van der Waals surface area contributed by atoms with Crippen molar-refractivity contribution in [3.05, 3.63) is 75.0 Å². The Hall–Kier alpha value is -2.73. The van der Waals surface area contributed by atoms with E-state index in [1.807, 2.05) is 24.4 Å². The Bertz CT molecular complexity index is 976. The van der Waals surface area contributed by atoms with Gasteiger partial charge >= 0.3 is 0 Å². The molecule has 0 saturated carbocycles. The molecule has 4 rings (SSSR count). The standard InChI is InChI=1S/C21H19FN2O2S/c1-12-18(21(26)24-14-6-2-5-13(22)11-14)20(17-9-4-10-27-17)19-15(23-12)7-3-8-16(19)25/h2,4-6,9-11,20,23H,3,7-8H2,1H3,(H,24,26)/t20-/m0/s1. The lowest BCUT2D eigenvalue weighted by atomic mass is 9.77. The molecule has 1 aliphatic heterocycles. The number of carbonyl (C=O) groups is 2. The molecule has 1 aromatic carbocycles. The number of hydrogen-bond donors (Lipinski definition) is 2. The average molecular weight is 382 g/mol. The van der Waals surface area contributed by atoms with Crippen LogP contribution in [0.5, 0.6) is 0 Å². The lowest BCUT2D eigenvalue weighted by molar-refractivity contribution is -0.116. The molecule has 2 N–H and O–H groups in total. The maximum atomic E-state index is 13.5. The van der Waals surface area contributed by atoms with Crippen LogP contribution in [0.15, 0.2) is 64.3 Å². The lowest BCUT2D eigenvalue weighted by Gasteiger charge is -2.33. The second kappa shape index (κ2) is 7.12. The van der Waals surface area contributed by atoms with Gasteiger partial charge in [0.15, 0.2) is 5.78 Å². The Morgan fingerprint density at radius 1 is 1.26 bits per heavy atom. The first-order valence-corrected chi connectivity index (χ1v) is 9.77. The molecule has 1 aromatic heterocycles. The molecule has 0 unspecified atom stereocenters. The quantitative estimate of drug-likeness (QED) is 0.822. The van der Waals surface area contributed by atoms with E-state index >= 15 is 0 Å². The first-order valence-electron chi connectivity index (χ1n) is 8.89. The van der Waals surface area contributed by atoms with E-state index in [0.29, 0.717) is 23.3 Å². The van der Waals surface area contributed by atoms with Crippen LogP contribution in [0.2, 0.25) is 0 Å². The van der Waals surface area contributed by atoms with Gasteiger partial charge in [-0.1, -0.05) is 12.1 Å². The highest BCUT2D eigenvalue weighted by molar-refractivity contribution is 7.10. The highest BCUT2D eigenvalue weighted by Gasteiger charge is 2.38. The first kappa shape index (κ1) is 17.7. The zero-order chi connectivity index (χ0) is 19.0. The van der Waals surface area contributed by atoms with Gasteiger partial charge in [-0.25, -0.2) is 4.39 Å². The molecule has 2 aromatic rings. The van der Waals surface area contributed by atoms with Crippen molar-refractivity contribution < 1.29 is 14.0 Å². The van der Waals surface area contributed by atoms with Crippen LogP contribution >= 0.6 is 11.3 Å². The van der Waals surface area contributed by atoms with E-state index in [2.05, 4.69) is 10.6 Å². The summed E-state index contributed by atoms with van der Waals surface area (Å²) >= 11 is 1.53. The number of ketones is 1. The second-order valence-corrected chi connectivity index (χ2v) is 7.72. The molecule has 0 spiro atoms. The smallest absolute Gasteiger partial charge is 0.254 e. The summed E-state index contributed by atoms with van der Waals surface area (Å²) < 4.78 is 13.5. The average Bonchev–Trinajstić information content (AvgIpc) is 3.15. The van der Waals surface area contributed by atoms with Gasteiger partial charge in [-0.15, -0.1) is 11.3 Å². The number of amides is 1. The Morgan fingerprint density at radius 3 is 2.85 bits per heavy atom. The number of benzene rings is 1. The minimum atomic E-state index is -0.414. The fourth-order valence-corrected chi connectivity index (χ4v) is 4.63. The third kappa shape index (κ3) is 3.32. The summed E-state index contributed by atoms with van der Waals surface area (Å²) in [6.07, 6.45) is 2.12. The molecule has 27 heavy (non-hydrogen) atoms. The molecule has 4 nitrogen and oxygen atoms in total. The number of anilines is 1. The van der Waals surface area contributed by atoms with Crippen molar-refractivity contribution in [1.29, 1.82) is 0 Å². The summed E-state index contributed by atoms with van der Waals surface area (Å²) in [7, 11) is 0. The predicted molar refractivity (Wildman–Crippen MR) is 104 cm³/mol.